The van der Waals surface area contributed by atoms with Gasteiger partial charge in [-0.2, -0.15) is 0 Å². The van der Waals surface area contributed by atoms with Gasteiger partial charge in [0.05, 0.1) is 33.1 Å². The van der Waals surface area contributed by atoms with Crippen molar-refractivity contribution in [1.82, 2.24) is 0 Å². The van der Waals surface area contributed by atoms with Gasteiger partial charge in [0.1, 0.15) is 17.1 Å². The molecule has 0 bridgehead atoms. The van der Waals surface area contributed by atoms with Crippen LogP contribution in [0.3, 0.4) is 0 Å². The molecule has 0 amide bonds. The third-order valence-corrected chi connectivity index (χ3v) is 5.68. The highest BCUT2D eigenvalue weighted by Crippen LogP contribution is 2.45. The number of benzene rings is 1. The van der Waals surface area contributed by atoms with Crippen LogP contribution in [0.15, 0.2) is 0 Å². The second-order valence-corrected chi connectivity index (χ2v) is 10.5. The predicted octanol–water partition coefficient (Wildman–Crippen LogP) is 1.75. The monoisotopic (exact) mass is 455 g/mol. The number of hydrogen-bond acceptors (Lipinski definition) is 3. The fourth-order valence-electron chi connectivity index (χ4n) is 3.43. The summed E-state index contributed by atoms with van der Waals surface area (Å²) in [6, 6.07) is 0. The van der Waals surface area contributed by atoms with Crippen LogP contribution in [0.4, 0.5) is 0 Å². The zero-order valence-corrected chi connectivity index (χ0v) is 21.0. The standard InChI is InChI=1S/C23H38NO3.BrH/c1-15-16(2)20-18(17(3)19(15)26-21(25)22(4,5)6)11-12-23(7,27-20)13-14-24(8,9)10;/h11-14H2,1-10H3;1H/q+1;/p-1. The molecule has 0 saturated carbocycles. The zero-order valence-electron chi connectivity index (χ0n) is 19.4. The minimum atomic E-state index is -0.525. The molecule has 1 aliphatic heterocycles. The van der Waals surface area contributed by atoms with E-state index < -0.39 is 5.41 Å². The molecule has 0 N–H and O–H groups in total. The van der Waals surface area contributed by atoms with Crippen LogP contribution >= 0.6 is 0 Å². The Labute approximate surface area is 182 Å². The molecular weight excluding hydrogens is 418 g/mol. The molecule has 0 aromatic heterocycles. The van der Waals surface area contributed by atoms with E-state index in [1.165, 1.54) is 5.56 Å². The van der Waals surface area contributed by atoms with Crippen molar-refractivity contribution in [2.24, 2.45) is 5.41 Å². The van der Waals surface area contributed by atoms with Gasteiger partial charge in [-0.1, -0.05) is 0 Å². The van der Waals surface area contributed by atoms with Crippen molar-refractivity contribution in [3.05, 3.63) is 22.3 Å². The number of halogens is 1. The van der Waals surface area contributed by atoms with E-state index in [0.717, 1.165) is 52.7 Å². The van der Waals surface area contributed by atoms with E-state index in [4.69, 9.17) is 9.47 Å². The maximum atomic E-state index is 12.4. The molecule has 28 heavy (non-hydrogen) atoms. The van der Waals surface area contributed by atoms with E-state index in [1.54, 1.807) is 0 Å². The molecule has 4 nitrogen and oxygen atoms in total. The maximum Gasteiger partial charge on any atom is 0.316 e. The lowest BCUT2D eigenvalue weighted by Crippen LogP contribution is -3.00. The van der Waals surface area contributed by atoms with Crippen LogP contribution in [0.25, 0.3) is 0 Å². The van der Waals surface area contributed by atoms with Gasteiger partial charge in [-0.15, -0.1) is 0 Å². The second kappa shape index (κ2) is 8.35. The van der Waals surface area contributed by atoms with Gasteiger partial charge < -0.3 is 30.9 Å². The van der Waals surface area contributed by atoms with Gasteiger partial charge in [0, 0.05) is 12.0 Å². The minimum Gasteiger partial charge on any atom is -1.00 e. The fraction of sp³-hybridized carbons (Fsp3) is 0.696. The van der Waals surface area contributed by atoms with Crippen LogP contribution in [0.5, 0.6) is 11.5 Å². The van der Waals surface area contributed by atoms with E-state index in [-0.39, 0.29) is 28.6 Å². The molecule has 0 saturated heterocycles. The van der Waals surface area contributed by atoms with Gasteiger partial charge in [0.15, 0.2) is 0 Å². The molecule has 0 radical (unpaired) electrons. The number of esters is 1. The zero-order chi connectivity index (χ0) is 20.8. The molecule has 0 fully saturated rings. The lowest BCUT2D eigenvalue weighted by molar-refractivity contribution is -0.871. The van der Waals surface area contributed by atoms with Crippen LogP contribution in [0, 0.1) is 26.2 Å². The number of ether oxygens (including phenoxy) is 2. The molecule has 1 aromatic rings. The number of carbonyl (C=O) groups excluding carboxylic acids is 1. The molecule has 160 valence electrons. The summed E-state index contributed by atoms with van der Waals surface area (Å²) >= 11 is 0. The SMILES string of the molecule is Cc1c(C)c2c(c(C)c1OC(=O)C(C)(C)C)CCC(C)(CC[N+](C)(C)C)O2.[Br-]. The van der Waals surface area contributed by atoms with E-state index in [1.807, 2.05) is 27.7 Å². The van der Waals surface area contributed by atoms with Crippen molar-refractivity contribution in [1.29, 1.82) is 0 Å². The number of rotatable bonds is 4. The van der Waals surface area contributed by atoms with Crippen molar-refractivity contribution < 1.29 is 35.7 Å². The largest absolute Gasteiger partial charge is 1.00 e. The normalized spacial score (nSPS) is 19.4. The Hall–Kier alpha value is -1.07. The van der Waals surface area contributed by atoms with Crippen LogP contribution in [-0.4, -0.2) is 43.7 Å². The van der Waals surface area contributed by atoms with Gasteiger partial charge in [0.2, 0.25) is 0 Å². The third-order valence-electron chi connectivity index (χ3n) is 5.68. The first-order valence-electron chi connectivity index (χ1n) is 9.99. The van der Waals surface area contributed by atoms with Gasteiger partial charge in [-0.25, -0.2) is 0 Å². The van der Waals surface area contributed by atoms with Crippen LogP contribution in [-0.2, 0) is 11.2 Å². The summed E-state index contributed by atoms with van der Waals surface area (Å²) in [5, 5.41) is 0. The summed E-state index contributed by atoms with van der Waals surface area (Å²) in [4.78, 5) is 12.4. The van der Waals surface area contributed by atoms with Gasteiger partial charge in [-0.05, 0) is 78.0 Å². The fourth-order valence-corrected chi connectivity index (χ4v) is 3.43. The summed E-state index contributed by atoms with van der Waals surface area (Å²) in [6.07, 6.45) is 2.96. The van der Waals surface area contributed by atoms with E-state index in [9.17, 15) is 4.79 Å². The van der Waals surface area contributed by atoms with Crippen molar-refractivity contribution in [2.75, 3.05) is 27.7 Å². The quantitative estimate of drug-likeness (QED) is 0.394. The highest BCUT2D eigenvalue weighted by molar-refractivity contribution is 5.79. The second-order valence-electron chi connectivity index (χ2n) is 10.5. The van der Waals surface area contributed by atoms with Gasteiger partial charge >= 0.3 is 5.97 Å². The summed E-state index contributed by atoms with van der Waals surface area (Å²) in [6.45, 7) is 15.1. The Kier molecular flexibility index (Phi) is 7.45. The van der Waals surface area contributed by atoms with Gasteiger partial charge in [-0.3, -0.25) is 4.79 Å². The molecular formula is C23H38BrNO3. The average molecular weight is 456 g/mol. The van der Waals surface area contributed by atoms with Crippen molar-refractivity contribution in [3.8, 4) is 11.5 Å². The summed E-state index contributed by atoms with van der Waals surface area (Å²) < 4.78 is 13.4. The molecule has 0 spiro atoms. The molecule has 5 heteroatoms. The maximum absolute atomic E-state index is 12.4. The molecule has 1 atom stereocenters. The Morgan fingerprint density at radius 3 is 2.18 bits per heavy atom. The lowest BCUT2D eigenvalue weighted by Gasteiger charge is -2.39. The Morgan fingerprint density at radius 1 is 1.11 bits per heavy atom. The Balaban J connectivity index is 0.00000392. The highest BCUT2D eigenvalue weighted by atomic mass is 79.9. The molecule has 1 heterocycles. The summed E-state index contributed by atoms with van der Waals surface area (Å²) in [5.41, 5.74) is 3.65. The molecule has 1 aromatic carbocycles. The number of quaternary nitrogens is 1. The van der Waals surface area contributed by atoms with E-state index >= 15 is 0 Å². The van der Waals surface area contributed by atoms with Crippen molar-refractivity contribution in [2.45, 2.75) is 73.3 Å². The summed E-state index contributed by atoms with van der Waals surface area (Å²) in [7, 11) is 6.65. The summed E-state index contributed by atoms with van der Waals surface area (Å²) in [5.74, 6) is 1.51. The van der Waals surface area contributed by atoms with Crippen molar-refractivity contribution >= 4 is 5.97 Å². The van der Waals surface area contributed by atoms with Crippen LogP contribution in [0.1, 0.15) is 62.8 Å². The van der Waals surface area contributed by atoms with E-state index in [2.05, 4.69) is 41.9 Å². The number of carbonyl (C=O) groups is 1. The smallest absolute Gasteiger partial charge is 0.316 e. The first-order valence-corrected chi connectivity index (χ1v) is 9.99. The number of nitrogens with zero attached hydrogens (tertiary/aromatic N) is 1. The number of fused-ring (bicyclic) bond motifs is 1. The van der Waals surface area contributed by atoms with Crippen LogP contribution < -0.4 is 26.5 Å². The first kappa shape index (κ1) is 25.0. The minimum absolute atomic E-state index is 0. The van der Waals surface area contributed by atoms with Crippen molar-refractivity contribution in [3.63, 3.8) is 0 Å². The molecule has 1 unspecified atom stereocenters. The first-order chi connectivity index (χ1) is 12.1. The molecule has 1 aliphatic rings. The van der Waals surface area contributed by atoms with Gasteiger partial charge in [0.25, 0.3) is 0 Å². The lowest BCUT2D eigenvalue weighted by atomic mass is 9.85. The number of hydrogen-bond donors (Lipinski definition) is 0. The van der Waals surface area contributed by atoms with E-state index in [0.29, 0.717) is 5.75 Å². The highest BCUT2D eigenvalue weighted by Gasteiger charge is 2.36. The van der Waals surface area contributed by atoms with Crippen LogP contribution in [0.2, 0.25) is 0 Å². The predicted molar refractivity (Wildman–Crippen MR) is 111 cm³/mol. The molecule has 2 rings (SSSR count). The average Bonchev–Trinajstić information content (AvgIpc) is 2.53. The Bertz CT molecular complexity index is 744. The molecule has 0 aliphatic carbocycles. The Morgan fingerprint density at radius 2 is 1.68 bits per heavy atom. The third kappa shape index (κ3) is 5.50. The topological polar surface area (TPSA) is 35.5 Å².